The van der Waals surface area contributed by atoms with E-state index >= 15 is 0 Å². The second-order valence-electron chi connectivity index (χ2n) is 7.40. The molecule has 126 valence electrons. The van der Waals surface area contributed by atoms with Gasteiger partial charge < -0.3 is 15.2 Å². The molecule has 0 unspecified atom stereocenters. The molecule has 6 nitrogen and oxygen atoms in total. The first-order valence-corrected chi connectivity index (χ1v) is 9.25. The Labute approximate surface area is 137 Å². The van der Waals surface area contributed by atoms with Crippen LogP contribution in [0.1, 0.15) is 56.6 Å². The molecule has 2 amide bonds. The Kier molecular flexibility index (Phi) is 4.23. The number of rotatable bonds is 5. The van der Waals surface area contributed by atoms with Gasteiger partial charge in [0, 0.05) is 32.0 Å². The van der Waals surface area contributed by atoms with Crippen molar-refractivity contribution in [1.82, 2.24) is 25.4 Å². The maximum absolute atomic E-state index is 12.1. The molecule has 2 N–H and O–H groups in total. The number of carbonyl (C=O) groups excluding carboxylic acids is 1. The molecule has 1 aromatic rings. The number of hydrogen-bond donors (Lipinski definition) is 2. The van der Waals surface area contributed by atoms with Crippen LogP contribution in [0.3, 0.4) is 0 Å². The first kappa shape index (κ1) is 15.0. The Bertz CT molecular complexity index is 565. The third kappa shape index (κ3) is 3.51. The van der Waals surface area contributed by atoms with Crippen LogP contribution in [0.25, 0.3) is 0 Å². The summed E-state index contributed by atoms with van der Waals surface area (Å²) in [5, 5.41) is 14.6. The minimum Gasteiger partial charge on any atom is -0.338 e. The monoisotopic (exact) mass is 317 g/mol. The molecular formula is C17H27N5O. The van der Waals surface area contributed by atoms with Crippen LogP contribution in [0.15, 0.2) is 0 Å². The first-order chi connectivity index (χ1) is 11.3. The molecule has 0 bridgehead atoms. The molecule has 0 aromatic carbocycles. The second-order valence-corrected chi connectivity index (χ2v) is 7.40. The predicted octanol–water partition coefficient (Wildman–Crippen LogP) is 2.03. The predicted molar refractivity (Wildman–Crippen MR) is 87.1 cm³/mol. The zero-order valence-corrected chi connectivity index (χ0v) is 13.8. The summed E-state index contributed by atoms with van der Waals surface area (Å²) in [6.45, 7) is 1.65. The summed E-state index contributed by atoms with van der Waals surface area (Å²) in [6, 6.07) is 0.347. The van der Waals surface area contributed by atoms with Gasteiger partial charge in [0.05, 0.1) is 0 Å². The van der Waals surface area contributed by atoms with Crippen LogP contribution in [-0.4, -0.2) is 33.4 Å². The van der Waals surface area contributed by atoms with E-state index in [-0.39, 0.29) is 6.03 Å². The van der Waals surface area contributed by atoms with Gasteiger partial charge in [0.2, 0.25) is 0 Å². The van der Waals surface area contributed by atoms with Gasteiger partial charge in [-0.25, -0.2) is 4.79 Å². The van der Waals surface area contributed by atoms with E-state index in [2.05, 4.69) is 25.4 Å². The Balaban J connectivity index is 1.19. The van der Waals surface area contributed by atoms with Gasteiger partial charge in [-0.3, -0.25) is 0 Å². The quantitative estimate of drug-likeness (QED) is 0.873. The lowest BCUT2D eigenvalue weighted by atomic mass is 9.83. The average molecular weight is 317 g/mol. The molecule has 3 aliphatic rings. The van der Waals surface area contributed by atoms with Crippen LogP contribution >= 0.6 is 0 Å². The Morgan fingerprint density at radius 2 is 2.04 bits per heavy atom. The molecule has 2 heterocycles. The zero-order chi connectivity index (χ0) is 15.6. The van der Waals surface area contributed by atoms with Crippen molar-refractivity contribution in [3.05, 3.63) is 11.6 Å². The number of hydrogen-bond acceptors (Lipinski definition) is 3. The fourth-order valence-electron chi connectivity index (χ4n) is 4.27. The minimum atomic E-state index is -0.0207. The summed E-state index contributed by atoms with van der Waals surface area (Å²) in [5.41, 5.74) is 0. The Morgan fingerprint density at radius 3 is 2.91 bits per heavy atom. The summed E-state index contributed by atoms with van der Waals surface area (Å²) >= 11 is 0. The Morgan fingerprint density at radius 1 is 1.13 bits per heavy atom. The lowest BCUT2D eigenvalue weighted by molar-refractivity contribution is 0.221. The van der Waals surface area contributed by atoms with Crippen molar-refractivity contribution >= 4 is 6.03 Å². The van der Waals surface area contributed by atoms with Crippen LogP contribution in [0.5, 0.6) is 0 Å². The van der Waals surface area contributed by atoms with E-state index in [0.717, 1.165) is 55.7 Å². The highest BCUT2D eigenvalue weighted by atomic mass is 16.2. The topological polar surface area (TPSA) is 71.8 Å². The Hall–Kier alpha value is -1.59. The average Bonchev–Trinajstić information content (AvgIpc) is 3.18. The molecule has 1 aromatic heterocycles. The third-order valence-corrected chi connectivity index (χ3v) is 5.66. The third-order valence-electron chi connectivity index (χ3n) is 5.66. The molecule has 1 aliphatic heterocycles. The maximum Gasteiger partial charge on any atom is 0.315 e. The number of carbonyl (C=O) groups is 1. The highest BCUT2D eigenvalue weighted by molar-refractivity contribution is 5.74. The van der Waals surface area contributed by atoms with Crippen molar-refractivity contribution in [3.63, 3.8) is 0 Å². The number of fused-ring (bicyclic) bond motifs is 1. The normalized spacial score (nSPS) is 26.8. The van der Waals surface area contributed by atoms with Crippen LogP contribution in [0.4, 0.5) is 4.79 Å². The molecule has 0 spiro atoms. The van der Waals surface area contributed by atoms with Gasteiger partial charge in [-0.1, -0.05) is 12.8 Å². The fourth-order valence-corrected chi connectivity index (χ4v) is 4.27. The lowest BCUT2D eigenvalue weighted by Gasteiger charge is -2.29. The molecule has 2 atom stereocenters. The summed E-state index contributed by atoms with van der Waals surface area (Å²) in [7, 11) is 0. The van der Waals surface area contributed by atoms with Gasteiger partial charge in [0.15, 0.2) is 0 Å². The SMILES string of the molecule is O=C(NCCc1nnc2n1CCC2)N[C@H]1CCC[C@@H](C2CC2)C1. The van der Waals surface area contributed by atoms with Crippen molar-refractivity contribution in [2.75, 3.05) is 6.54 Å². The van der Waals surface area contributed by atoms with Crippen molar-refractivity contribution < 1.29 is 4.79 Å². The van der Waals surface area contributed by atoms with Gasteiger partial charge in [-0.2, -0.15) is 0 Å². The number of nitrogens with zero attached hydrogens (tertiary/aromatic N) is 3. The molecule has 2 saturated carbocycles. The number of aryl methyl sites for hydroxylation is 1. The fraction of sp³-hybridized carbons (Fsp3) is 0.824. The second kappa shape index (κ2) is 6.49. The number of nitrogens with one attached hydrogen (secondary N) is 2. The van der Waals surface area contributed by atoms with E-state index < -0.39 is 0 Å². The smallest absolute Gasteiger partial charge is 0.315 e. The highest BCUT2D eigenvalue weighted by Crippen LogP contribution is 2.43. The van der Waals surface area contributed by atoms with Gasteiger partial charge in [-0.05, 0) is 43.9 Å². The standard InChI is InChI=1S/C17H27N5O/c23-17(19-14-4-1-3-13(11-14)12-6-7-12)18-9-8-16-21-20-15-5-2-10-22(15)16/h12-14H,1-11H2,(H2,18,19,23)/t13-,14+/m1/s1. The molecule has 4 rings (SSSR count). The zero-order valence-electron chi connectivity index (χ0n) is 13.8. The molecular weight excluding hydrogens is 290 g/mol. The summed E-state index contributed by atoms with van der Waals surface area (Å²) < 4.78 is 2.20. The molecule has 0 saturated heterocycles. The van der Waals surface area contributed by atoms with E-state index in [0.29, 0.717) is 12.6 Å². The minimum absolute atomic E-state index is 0.0207. The summed E-state index contributed by atoms with van der Waals surface area (Å²) in [4.78, 5) is 12.1. The van der Waals surface area contributed by atoms with Crippen LogP contribution < -0.4 is 10.6 Å². The molecule has 6 heteroatoms. The van der Waals surface area contributed by atoms with Gasteiger partial charge in [-0.15, -0.1) is 10.2 Å². The summed E-state index contributed by atoms with van der Waals surface area (Å²) in [6.07, 6.45) is 10.7. The maximum atomic E-state index is 12.1. The van der Waals surface area contributed by atoms with Crippen LogP contribution in [0, 0.1) is 11.8 Å². The van der Waals surface area contributed by atoms with E-state index in [4.69, 9.17) is 0 Å². The molecule has 0 radical (unpaired) electrons. The number of urea groups is 1. The summed E-state index contributed by atoms with van der Waals surface area (Å²) in [5.74, 6) is 3.91. The van der Waals surface area contributed by atoms with E-state index in [9.17, 15) is 4.79 Å². The molecule has 2 fully saturated rings. The van der Waals surface area contributed by atoms with E-state index in [1.54, 1.807) is 0 Å². The largest absolute Gasteiger partial charge is 0.338 e. The van der Waals surface area contributed by atoms with Crippen LogP contribution in [0.2, 0.25) is 0 Å². The van der Waals surface area contributed by atoms with Crippen LogP contribution in [-0.2, 0) is 19.4 Å². The first-order valence-electron chi connectivity index (χ1n) is 9.25. The van der Waals surface area contributed by atoms with Gasteiger partial charge in [0.1, 0.15) is 11.6 Å². The number of aromatic nitrogens is 3. The molecule has 2 aliphatic carbocycles. The lowest BCUT2D eigenvalue weighted by Crippen LogP contribution is -2.44. The number of amides is 2. The molecule has 23 heavy (non-hydrogen) atoms. The highest BCUT2D eigenvalue weighted by Gasteiger charge is 2.35. The van der Waals surface area contributed by atoms with Crippen molar-refractivity contribution in [2.45, 2.75) is 70.4 Å². The van der Waals surface area contributed by atoms with E-state index in [1.807, 2.05) is 0 Å². The van der Waals surface area contributed by atoms with Crippen molar-refractivity contribution in [3.8, 4) is 0 Å². The van der Waals surface area contributed by atoms with Gasteiger partial charge in [0.25, 0.3) is 0 Å². The van der Waals surface area contributed by atoms with Crippen molar-refractivity contribution in [1.29, 1.82) is 0 Å². The van der Waals surface area contributed by atoms with Crippen molar-refractivity contribution in [2.24, 2.45) is 11.8 Å². The van der Waals surface area contributed by atoms with Gasteiger partial charge >= 0.3 is 6.03 Å². The van der Waals surface area contributed by atoms with E-state index in [1.165, 1.54) is 32.1 Å².